The molecule has 1 N–H and O–H groups in total. The lowest BCUT2D eigenvalue weighted by Gasteiger charge is -2.18. The summed E-state index contributed by atoms with van der Waals surface area (Å²) in [5.41, 5.74) is 1.82. The summed E-state index contributed by atoms with van der Waals surface area (Å²) < 4.78 is 1.49. The Labute approximate surface area is 120 Å². The first-order valence-corrected chi connectivity index (χ1v) is 7.09. The summed E-state index contributed by atoms with van der Waals surface area (Å²) in [6.45, 7) is 7.04. The van der Waals surface area contributed by atoms with Gasteiger partial charge in [0.05, 0.1) is 11.6 Å². The van der Waals surface area contributed by atoms with E-state index >= 15 is 0 Å². The predicted octanol–water partition coefficient (Wildman–Crippen LogP) is 2.54. The minimum Gasteiger partial charge on any atom is -0.478 e. The third-order valence-corrected chi connectivity index (χ3v) is 4.42. The van der Waals surface area contributed by atoms with E-state index in [0.717, 1.165) is 10.7 Å². The van der Waals surface area contributed by atoms with E-state index in [0.29, 0.717) is 11.3 Å². The second kappa shape index (κ2) is 5.20. The summed E-state index contributed by atoms with van der Waals surface area (Å²) in [5, 5.41) is 12.0. The molecule has 2 aromatic rings. The van der Waals surface area contributed by atoms with E-state index in [4.69, 9.17) is 0 Å². The van der Waals surface area contributed by atoms with Crippen LogP contribution in [0.15, 0.2) is 16.2 Å². The van der Waals surface area contributed by atoms with Gasteiger partial charge in [0.2, 0.25) is 0 Å². The molecule has 0 bridgehead atoms. The van der Waals surface area contributed by atoms with Crippen LogP contribution in [0.25, 0.3) is 0 Å². The molecule has 20 heavy (non-hydrogen) atoms. The van der Waals surface area contributed by atoms with E-state index in [2.05, 4.69) is 4.98 Å². The highest BCUT2D eigenvalue weighted by Crippen LogP contribution is 2.23. The zero-order valence-corrected chi connectivity index (χ0v) is 12.6. The maximum absolute atomic E-state index is 12.2. The third kappa shape index (κ3) is 2.38. The van der Waals surface area contributed by atoms with Gasteiger partial charge in [-0.25, -0.2) is 9.78 Å². The van der Waals surface area contributed by atoms with Crippen LogP contribution in [0.3, 0.4) is 0 Å². The quantitative estimate of drug-likeness (QED) is 0.943. The van der Waals surface area contributed by atoms with Gasteiger partial charge in [0.1, 0.15) is 5.01 Å². The van der Waals surface area contributed by atoms with Gasteiger partial charge in [0.25, 0.3) is 5.56 Å². The predicted molar refractivity (Wildman–Crippen MR) is 77.8 cm³/mol. The fraction of sp³-hybridized carbons (Fsp3) is 0.357. The second-order valence-corrected chi connectivity index (χ2v) is 5.69. The molecule has 5 nitrogen and oxygen atoms in total. The minimum atomic E-state index is -1.02. The summed E-state index contributed by atoms with van der Waals surface area (Å²) in [5.74, 6) is -1.02. The van der Waals surface area contributed by atoms with Gasteiger partial charge in [-0.1, -0.05) is 0 Å². The molecule has 0 aliphatic heterocycles. The molecule has 0 fully saturated rings. The van der Waals surface area contributed by atoms with Crippen LogP contribution >= 0.6 is 11.3 Å². The number of aryl methyl sites for hydroxylation is 2. The second-order valence-electron chi connectivity index (χ2n) is 4.80. The molecule has 0 spiro atoms. The van der Waals surface area contributed by atoms with Crippen LogP contribution in [0.2, 0.25) is 0 Å². The Kier molecular flexibility index (Phi) is 3.76. The third-order valence-electron chi connectivity index (χ3n) is 3.29. The first kappa shape index (κ1) is 14.5. The lowest BCUT2D eigenvalue weighted by molar-refractivity contribution is 0.0694. The SMILES string of the molecule is Cc1csc(C(C)n2c(C)c(C(=O)O)c(C)cc2=O)n1. The molecular formula is C14H16N2O3S. The number of carbonyl (C=O) groups is 1. The number of nitrogens with zero attached hydrogens (tertiary/aromatic N) is 2. The zero-order valence-electron chi connectivity index (χ0n) is 11.8. The Hall–Kier alpha value is -1.95. The number of carboxylic acid groups (broad SMARTS) is 1. The highest BCUT2D eigenvalue weighted by molar-refractivity contribution is 7.09. The number of hydrogen-bond donors (Lipinski definition) is 1. The number of rotatable bonds is 3. The molecule has 0 amide bonds. The smallest absolute Gasteiger partial charge is 0.337 e. The highest BCUT2D eigenvalue weighted by Gasteiger charge is 2.21. The van der Waals surface area contributed by atoms with Gasteiger partial charge in [-0.2, -0.15) is 0 Å². The Morgan fingerprint density at radius 1 is 1.40 bits per heavy atom. The van der Waals surface area contributed by atoms with Crippen molar-refractivity contribution in [3.8, 4) is 0 Å². The van der Waals surface area contributed by atoms with Crippen molar-refractivity contribution in [3.05, 3.63) is 49.3 Å². The summed E-state index contributed by atoms with van der Waals surface area (Å²) >= 11 is 1.47. The maximum atomic E-state index is 12.2. The summed E-state index contributed by atoms with van der Waals surface area (Å²) in [7, 11) is 0. The number of carboxylic acids is 1. The van der Waals surface area contributed by atoms with E-state index in [-0.39, 0.29) is 17.2 Å². The number of pyridine rings is 1. The number of thiazole rings is 1. The Morgan fingerprint density at radius 3 is 2.55 bits per heavy atom. The van der Waals surface area contributed by atoms with Gasteiger partial charge in [-0.05, 0) is 33.3 Å². The van der Waals surface area contributed by atoms with E-state index in [1.54, 1.807) is 13.8 Å². The lowest BCUT2D eigenvalue weighted by Crippen LogP contribution is -2.28. The zero-order chi connectivity index (χ0) is 15.0. The van der Waals surface area contributed by atoms with Crippen LogP contribution in [0.5, 0.6) is 0 Å². The van der Waals surface area contributed by atoms with Gasteiger partial charge in [-0.15, -0.1) is 11.3 Å². The standard InChI is InChI=1S/C14H16N2O3S/c1-7-5-11(17)16(9(3)12(7)14(18)19)10(4)13-15-8(2)6-20-13/h5-6,10H,1-4H3,(H,18,19). The monoisotopic (exact) mass is 292 g/mol. The van der Waals surface area contributed by atoms with Crippen LogP contribution in [-0.4, -0.2) is 20.6 Å². The molecule has 0 aromatic carbocycles. The van der Waals surface area contributed by atoms with Gasteiger partial charge < -0.3 is 9.67 Å². The van der Waals surface area contributed by atoms with Crippen molar-refractivity contribution in [2.45, 2.75) is 33.7 Å². The van der Waals surface area contributed by atoms with Crippen LogP contribution in [0.1, 0.15) is 45.3 Å². The molecule has 0 saturated heterocycles. The molecule has 0 saturated carbocycles. The Morgan fingerprint density at radius 2 is 2.05 bits per heavy atom. The first-order chi connectivity index (χ1) is 9.32. The average molecular weight is 292 g/mol. The molecule has 1 atom stereocenters. The van der Waals surface area contributed by atoms with Crippen molar-refractivity contribution >= 4 is 17.3 Å². The van der Waals surface area contributed by atoms with Crippen molar-refractivity contribution in [1.29, 1.82) is 0 Å². The number of aromatic carboxylic acids is 1. The summed E-state index contributed by atoms with van der Waals surface area (Å²) in [6, 6.07) is 1.09. The highest BCUT2D eigenvalue weighted by atomic mass is 32.1. The van der Waals surface area contributed by atoms with E-state index in [9.17, 15) is 14.7 Å². The Bertz CT molecular complexity index is 731. The summed E-state index contributed by atoms with van der Waals surface area (Å²) in [4.78, 5) is 27.9. The van der Waals surface area contributed by atoms with Crippen LogP contribution in [-0.2, 0) is 0 Å². The molecule has 2 aromatic heterocycles. The molecule has 6 heteroatoms. The maximum Gasteiger partial charge on any atom is 0.337 e. The lowest BCUT2D eigenvalue weighted by atomic mass is 10.1. The van der Waals surface area contributed by atoms with Crippen LogP contribution in [0.4, 0.5) is 0 Å². The average Bonchev–Trinajstić information content (AvgIpc) is 2.74. The van der Waals surface area contributed by atoms with Crippen molar-refractivity contribution in [3.63, 3.8) is 0 Å². The molecule has 0 aliphatic carbocycles. The van der Waals surface area contributed by atoms with Crippen LogP contribution in [0, 0.1) is 20.8 Å². The minimum absolute atomic E-state index is 0.185. The van der Waals surface area contributed by atoms with Gasteiger partial charge >= 0.3 is 5.97 Å². The number of hydrogen-bond acceptors (Lipinski definition) is 4. The summed E-state index contributed by atoms with van der Waals surface area (Å²) in [6.07, 6.45) is 0. The van der Waals surface area contributed by atoms with Crippen molar-refractivity contribution in [2.75, 3.05) is 0 Å². The normalized spacial score (nSPS) is 12.4. The van der Waals surface area contributed by atoms with E-state index < -0.39 is 5.97 Å². The first-order valence-electron chi connectivity index (χ1n) is 6.21. The van der Waals surface area contributed by atoms with Gasteiger partial charge in [0, 0.05) is 22.8 Å². The fourth-order valence-corrected chi connectivity index (χ4v) is 3.22. The van der Waals surface area contributed by atoms with Crippen LogP contribution < -0.4 is 5.56 Å². The molecule has 1 unspecified atom stereocenters. The molecule has 106 valence electrons. The Balaban J connectivity index is 2.65. The van der Waals surface area contributed by atoms with Crippen molar-refractivity contribution in [2.24, 2.45) is 0 Å². The van der Waals surface area contributed by atoms with Gasteiger partial charge in [0.15, 0.2) is 0 Å². The van der Waals surface area contributed by atoms with Crippen molar-refractivity contribution in [1.82, 2.24) is 9.55 Å². The largest absolute Gasteiger partial charge is 0.478 e. The van der Waals surface area contributed by atoms with E-state index in [1.807, 2.05) is 19.2 Å². The molecule has 2 heterocycles. The topological polar surface area (TPSA) is 72.2 Å². The van der Waals surface area contributed by atoms with Crippen molar-refractivity contribution < 1.29 is 9.90 Å². The molecule has 2 rings (SSSR count). The van der Waals surface area contributed by atoms with E-state index in [1.165, 1.54) is 22.0 Å². The molecular weight excluding hydrogens is 276 g/mol. The molecule has 0 radical (unpaired) electrons. The molecule has 0 aliphatic rings. The van der Waals surface area contributed by atoms with Gasteiger partial charge in [-0.3, -0.25) is 4.79 Å². The fourth-order valence-electron chi connectivity index (χ4n) is 2.38. The number of aromatic nitrogens is 2.